The van der Waals surface area contributed by atoms with Crippen molar-refractivity contribution in [2.45, 2.75) is 20.8 Å². The number of hydrogen-bond donors (Lipinski definition) is 0. The van der Waals surface area contributed by atoms with Gasteiger partial charge in [-0.15, -0.1) is 0 Å². The second kappa shape index (κ2) is 4.80. The SMILES string of the molecule is C=Cc1ccccc1/C(=C\C)C(C)C. The van der Waals surface area contributed by atoms with Crippen LogP contribution in [-0.4, -0.2) is 0 Å². The predicted molar refractivity (Wildman–Crippen MR) is 65.0 cm³/mol. The van der Waals surface area contributed by atoms with Gasteiger partial charge in [-0.3, -0.25) is 0 Å². The van der Waals surface area contributed by atoms with Crippen molar-refractivity contribution in [2.24, 2.45) is 5.92 Å². The van der Waals surface area contributed by atoms with Gasteiger partial charge in [0.25, 0.3) is 0 Å². The summed E-state index contributed by atoms with van der Waals surface area (Å²) in [6.07, 6.45) is 4.11. The summed E-state index contributed by atoms with van der Waals surface area (Å²) in [5, 5.41) is 0. The van der Waals surface area contributed by atoms with Gasteiger partial charge in [-0.1, -0.05) is 56.8 Å². The monoisotopic (exact) mass is 186 g/mol. The van der Waals surface area contributed by atoms with Gasteiger partial charge in [-0.05, 0) is 29.5 Å². The first kappa shape index (κ1) is 10.8. The summed E-state index contributed by atoms with van der Waals surface area (Å²) >= 11 is 0. The summed E-state index contributed by atoms with van der Waals surface area (Å²) in [5.74, 6) is 0.557. The molecular formula is C14H18. The van der Waals surface area contributed by atoms with E-state index in [2.05, 4.69) is 51.6 Å². The first-order valence-corrected chi connectivity index (χ1v) is 5.08. The lowest BCUT2D eigenvalue weighted by Gasteiger charge is -2.13. The Morgan fingerprint density at radius 2 is 1.93 bits per heavy atom. The van der Waals surface area contributed by atoms with Crippen molar-refractivity contribution >= 4 is 11.6 Å². The molecule has 0 radical (unpaired) electrons. The lowest BCUT2D eigenvalue weighted by molar-refractivity contribution is 0.853. The van der Waals surface area contributed by atoms with Crippen LogP contribution in [0, 0.1) is 5.92 Å². The highest BCUT2D eigenvalue weighted by Crippen LogP contribution is 2.26. The Kier molecular flexibility index (Phi) is 3.70. The minimum absolute atomic E-state index is 0.557. The Bertz CT molecular complexity index is 343. The molecule has 0 aliphatic carbocycles. The molecule has 0 aromatic heterocycles. The van der Waals surface area contributed by atoms with Crippen molar-refractivity contribution < 1.29 is 0 Å². The third-order valence-corrected chi connectivity index (χ3v) is 2.42. The number of benzene rings is 1. The van der Waals surface area contributed by atoms with E-state index >= 15 is 0 Å². The molecule has 1 aromatic carbocycles. The van der Waals surface area contributed by atoms with Gasteiger partial charge in [-0.2, -0.15) is 0 Å². The van der Waals surface area contributed by atoms with Crippen LogP contribution < -0.4 is 0 Å². The maximum atomic E-state index is 3.84. The lowest BCUT2D eigenvalue weighted by Crippen LogP contribution is -1.95. The van der Waals surface area contributed by atoms with Crippen LogP contribution in [-0.2, 0) is 0 Å². The molecule has 1 aromatic rings. The molecule has 0 aliphatic rings. The molecule has 0 nitrogen and oxygen atoms in total. The summed E-state index contributed by atoms with van der Waals surface area (Å²) in [4.78, 5) is 0. The van der Waals surface area contributed by atoms with E-state index < -0.39 is 0 Å². The van der Waals surface area contributed by atoms with Gasteiger partial charge in [0.2, 0.25) is 0 Å². The summed E-state index contributed by atoms with van der Waals surface area (Å²) in [5.41, 5.74) is 3.91. The van der Waals surface area contributed by atoms with Gasteiger partial charge >= 0.3 is 0 Å². The standard InChI is InChI=1S/C14H18/c1-5-12-9-7-8-10-14(12)13(6-2)11(3)4/h5-11H,1H2,2-4H3/b13-6-. The molecule has 0 bridgehead atoms. The van der Waals surface area contributed by atoms with E-state index in [4.69, 9.17) is 0 Å². The molecule has 0 saturated carbocycles. The zero-order chi connectivity index (χ0) is 10.6. The Morgan fingerprint density at radius 3 is 2.43 bits per heavy atom. The van der Waals surface area contributed by atoms with Crippen molar-refractivity contribution in [1.29, 1.82) is 0 Å². The summed E-state index contributed by atoms with van der Waals surface area (Å²) in [6, 6.07) is 8.39. The third-order valence-electron chi connectivity index (χ3n) is 2.42. The lowest BCUT2D eigenvalue weighted by atomic mass is 9.91. The molecule has 0 saturated heterocycles. The Balaban J connectivity index is 3.23. The quantitative estimate of drug-likeness (QED) is 0.656. The molecule has 0 aliphatic heterocycles. The fourth-order valence-electron chi connectivity index (χ4n) is 1.74. The Labute approximate surface area is 87.0 Å². The smallest absolute Gasteiger partial charge is 0.0153 e. The van der Waals surface area contributed by atoms with E-state index in [0.29, 0.717) is 5.92 Å². The average molecular weight is 186 g/mol. The molecule has 0 spiro atoms. The number of allylic oxidation sites excluding steroid dienone is 2. The van der Waals surface area contributed by atoms with Crippen molar-refractivity contribution in [3.63, 3.8) is 0 Å². The summed E-state index contributed by atoms with van der Waals surface area (Å²) in [7, 11) is 0. The van der Waals surface area contributed by atoms with Gasteiger partial charge < -0.3 is 0 Å². The average Bonchev–Trinajstić information content (AvgIpc) is 2.19. The van der Waals surface area contributed by atoms with Crippen molar-refractivity contribution in [1.82, 2.24) is 0 Å². The Morgan fingerprint density at radius 1 is 1.29 bits per heavy atom. The molecule has 0 heteroatoms. The van der Waals surface area contributed by atoms with Crippen LogP contribution in [0.1, 0.15) is 31.9 Å². The molecule has 0 heterocycles. The van der Waals surface area contributed by atoms with E-state index in [1.54, 1.807) is 0 Å². The molecule has 1 rings (SSSR count). The molecule has 0 unspecified atom stereocenters. The first-order chi connectivity index (χ1) is 6.70. The zero-order valence-corrected chi connectivity index (χ0v) is 9.25. The Hall–Kier alpha value is -1.30. The second-order valence-corrected chi connectivity index (χ2v) is 3.69. The number of rotatable bonds is 3. The van der Waals surface area contributed by atoms with Crippen LogP contribution in [0.5, 0.6) is 0 Å². The van der Waals surface area contributed by atoms with Crippen molar-refractivity contribution in [2.75, 3.05) is 0 Å². The van der Waals surface area contributed by atoms with Crippen LogP contribution in [0.4, 0.5) is 0 Å². The van der Waals surface area contributed by atoms with Crippen LogP contribution in [0.15, 0.2) is 36.9 Å². The van der Waals surface area contributed by atoms with Crippen LogP contribution in [0.25, 0.3) is 11.6 Å². The topological polar surface area (TPSA) is 0 Å². The summed E-state index contributed by atoms with van der Waals surface area (Å²) < 4.78 is 0. The van der Waals surface area contributed by atoms with Crippen molar-refractivity contribution in [3.8, 4) is 0 Å². The van der Waals surface area contributed by atoms with Crippen LogP contribution in [0.3, 0.4) is 0 Å². The maximum absolute atomic E-state index is 3.84. The van der Waals surface area contributed by atoms with E-state index in [1.165, 1.54) is 16.7 Å². The minimum atomic E-state index is 0.557. The molecule has 0 fully saturated rings. The minimum Gasteiger partial charge on any atom is -0.0984 e. The molecule has 14 heavy (non-hydrogen) atoms. The molecule has 74 valence electrons. The van der Waals surface area contributed by atoms with Gasteiger partial charge in [-0.25, -0.2) is 0 Å². The van der Waals surface area contributed by atoms with E-state index in [-0.39, 0.29) is 0 Å². The molecule has 0 amide bonds. The van der Waals surface area contributed by atoms with Gasteiger partial charge in [0.1, 0.15) is 0 Å². The van der Waals surface area contributed by atoms with Crippen molar-refractivity contribution in [3.05, 3.63) is 48.0 Å². The molecule has 0 atom stereocenters. The third kappa shape index (κ3) is 2.14. The zero-order valence-electron chi connectivity index (χ0n) is 9.25. The fourth-order valence-corrected chi connectivity index (χ4v) is 1.74. The van der Waals surface area contributed by atoms with Gasteiger partial charge in [0.05, 0.1) is 0 Å². The molecule has 0 N–H and O–H groups in total. The van der Waals surface area contributed by atoms with E-state index in [1.807, 2.05) is 12.1 Å². The second-order valence-electron chi connectivity index (χ2n) is 3.69. The highest BCUT2D eigenvalue weighted by molar-refractivity contribution is 5.74. The largest absolute Gasteiger partial charge is 0.0984 e. The highest BCUT2D eigenvalue weighted by atomic mass is 14.1. The van der Waals surface area contributed by atoms with E-state index in [0.717, 1.165) is 0 Å². The van der Waals surface area contributed by atoms with Crippen LogP contribution in [0.2, 0.25) is 0 Å². The maximum Gasteiger partial charge on any atom is -0.0153 e. The summed E-state index contributed by atoms with van der Waals surface area (Å²) in [6.45, 7) is 10.4. The number of hydrogen-bond acceptors (Lipinski definition) is 0. The molecular weight excluding hydrogens is 168 g/mol. The van der Waals surface area contributed by atoms with Gasteiger partial charge in [0, 0.05) is 0 Å². The van der Waals surface area contributed by atoms with Crippen LogP contribution >= 0.6 is 0 Å². The predicted octanol–water partition coefficient (Wildman–Crippen LogP) is 4.39. The van der Waals surface area contributed by atoms with E-state index in [9.17, 15) is 0 Å². The fraction of sp³-hybridized carbons (Fsp3) is 0.286. The normalized spacial score (nSPS) is 11.9. The highest BCUT2D eigenvalue weighted by Gasteiger charge is 2.07. The van der Waals surface area contributed by atoms with Gasteiger partial charge in [0.15, 0.2) is 0 Å². The first-order valence-electron chi connectivity index (χ1n) is 5.08.